The maximum Gasteiger partial charge on any atom is 0.267 e. The van der Waals surface area contributed by atoms with Gasteiger partial charge in [-0.2, -0.15) is 5.26 Å². The van der Waals surface area contributed by atoms with Gasteiger partial charge in [-0.1, -0.05) is 15.9 Å². The van der Waals surface area contributed by atoms with Gasteiger partial charge in [-0.3, -0.25) is 4.79 Å². The first-order chi connectivity index (χ1) is 11.1. The molecule has 0 aromatic heterocycles. The van der Waals surface area contributed by atoms with Crippen molar-refractivity contribution in [2.45, 2.75) is 20.1 Å². The van der Waals surface area contributed by atoms with E-state index in [1.807, 2.05) is 19.9 Å². The number of carbonyl (C=O) groups is 1. The molecule has 6 nitrogen and oxygen atoms in total. The number of nitrogens with zero attached hydrogens (tertiary/aromatic N) is 1. The summed E-state index contributed by atoms with van der Waals surface area (Å²) in [6.45, 7) is 5.12. The molecule has 0 saturated heterocycles. The number of carbonyl (C=O) groups excluding carboxylic acids is 1. The third kappa shape index (κ3) is 7.28. The quantitative estimate of drug-likeness (QED) is 0.390. The molecule has 7 heteroatoms. The molecular weight excluding hydrogens is 362 g/mol. The van der Waals surface area contributed by atoms with Gasteiger partial charge in [-0.25, -0.2) is 0 Å². The summed E-state index contributed by atoms with van der Waals surface area (Å²) in [5.41, 5.74) is 0.584. The molecule has 0 radical (unpaired) electrons. The second-order valence-corrected chi connectivity index (χ2v) is 5.29. The van der Waals surface area contributed by atoms with Gasteiger partial charge in [0.15, 0.2) is 6.29 Å². The summed E-state index contributed by atoms with van der Waals surface area (Å²) in [5, 5.41) is 14.6. The summed E-state index contributed by atoms with van der Waals surface area (Å²) in [6.07, 6.45) is 0.940. The molecule has 0 spiro atoms. The van der Waals surface area contributed by atoms with Crippen molar-refractivity contribution in [1.29, 1.82) is 5.26 Å². The van der Waals surface area contributed by atoms with Crippen LogP contribution in [0.15, 0.2) is 40.5 Å². The number of rotatable bonds is 9. The first-order valence-electron chi connectivity index (χ1n) is 7.24. The van der Waals surface area contributed by atoms with Gasteiger partial charge in [0, 0.05) is 29.6 Å². The number of halogens is 1. The van der Waals surface area contributed by atoms with Gasteiger partial charge >= 0.3 is 0 Å². The second kappa shape index (κ2) is 10.8. The Morgan fingerprint density at radius 1 is 1.30 bits per heavy atom. The minimum absolute atomic E-state index is 0.0281. The standard InChI is InChI=1S/C16H20BrN3O3/c1-3-22-15(23-4-2)11-19-10-12(9-18)16(21)20-14-7-5-13(17)6-8-14/h5-8,10,15,19H,3-4,11H2,1-2H3,(H,20,21)/b12-10-. The Balaban J connectivity index is 2.58. The van der Waals surface area contributed by atoms with E-state index in [1.165, 1.54) is 6.20 Å². The normalized spacial score (nSPS) is 11.2. The van der Waals surface area contributed by atoms with E-state index in [9.17, 15) is 4.79 Å². The van der Waals surface area contributed by atoms with Crippen LogP contribution in [0.5, 0.6) is 0 Å². The van der Waals surface area contributed by atoms with Crippen molar-refractivity contribution >= 4 is 27.5 Å². The molecule has 0 fully saturated rings. The van der Waals surface area contributed by atoms with Gasteiger partial charge < -0.3 is 20.1 Å². The molecule has 1 amide bonds. The van der Waals surface area contributed by atoms with E-state index in [0.717, 1.165) is 4.47 Å². The molecule has 1 aromatic rings. The number of benzene rings is 1. The summed E-state index contributed by atoms with van der Waals surface area (Å²) >= 11 is 3.32. The SMILES string of the molecule is CCOC(CN/C=C(/C#N)C(=O)Nc1ccc(Br)cc1)OCC. The molecule has 0 bridgehead atoms. The molecule has 0 saturated carbocycles. The molecule has 0 aliphatic heterocycles. The van der Waals surface area contributed by atoms with Gasteiger partial charge in [0.1, 0.15) is 11.6 Å². The van der Waals surface area contributed by atoms with Crippen LogP contribution in [0.4, 0.5) is 5.69 Å². The zero-order valence-corrected chi connectivity index (χ0v) is 14.7. The van der Waals surface area contributed by atoms with Crippen LogP contribution in [-0.4, -0.2) is 32.0 Å². The first kappa shape index (κ1) is 19.2. The fourth-order valence-corrected chi connectivity index (χ4v) is 1.94. The second-order valence-electron chi connectivity index (χ2n) is 4.38. The van der Waals surface area contributed by atoms with Gasteiger partial charge in [0.2, 0.25) is 0 Å². The van der Waals surface area contributed by atoms with Gasteiger partial charge in [-0.15, -0.1) is 0 Å². The molecule has 0 atom stereocenters. The van der Waals surface area contributed by atoms with E-state index >= 15 is 0 Å². The molecule has 1 rings (SSSR count). The van der Waals surface area contributed by atoms with Crippen LogP contribution in [0.2, 0.25) is 0 Å². The Hall–Kier alpha value is -1.88. The van der Waals surface area contributed by atoms with Crippen LogP contribution in [0.1, 0.15) is 13.8 Å². The highest BCUT2D eigenvalue weighted by Crippen LogP contribution is 2.14. The van der Waals surface area contributed by atoms with Crippen molar-refractivity contribution < 1.29 is 14.3 Å². The van der Waals surface area contributed by atoms with Gasteiger partial charge in [0.25, 0.3) is 5.91 Å². The highest BCUT2D eigenvalue weighted by molar-refractivity contribution is 9.10. The maximum atomic E-state index is 12.0. The Labute approximate surface area is 144 Å². The van der Waals surface area contributed by atoms with Crippen molar-refractivity contribution in [2.24, 2.45) is 0 Å². The number of hydrogen-bond donors (Lipinski definition) is 2. The number of nitriles is 1. The number of ether oxygens (including phenoxy) is 2. The highest BCUT2D eigenvalue weighted by atomic mass is 79.9. The molecule has 0 aliphatic carbocycles. The lowest BCUT2D eigenvalue weighted by Gasteiger charge is -2.16. The van der Waals surface area contributed by atoms with E-state index in [1.54, 1.807) is 24.3 Å². The smallest absolute Gasteiger partial charge is 0.267 e. The number of amides is 1. The van der Waals surface area contributed by atoms with Crippen molar-refractivity contribution in [3.63, 3.8) is 0 Å². The van der Waals surface area contributed by atoms with E-state index in [-0.39, 0.29) is 5.57 Å². The summed E-state index contributed by atoms with van der Waals surface area (Å²) < 4.78 is 11.6. The van der Waals surface area contributed by atoms with E-state index in [4.69, 9.17) is 14.7 Å². The van der Waals surface area contributed by atoms with E-state index in [0.29, 0.717) is 25.4 Å². The zero-order chi connectivity index (χ0) is 17.1. The largest absolute Gasteiger partial charge is 0.385 e. The third-order valence-corrected chi connectivity index (χ3v) is 3.23. The lowest BCUT2D eigenvalue weighted by Crippen LogP contribution is -2.29. The number of hydrogen-bond acceptors (Lipinski definition) is 5. The van der Waals surface area contributed by atoms with Crippen molar-refractivity contribution in [3.8, 4) is 6.07 Å². The number of anilines is 1. The van der Waals surface area contributed by atoms with Gasteiger partial charge in [0.05, 0.1) is 6.54 Å². The highest BCUT2D eigenvalue weighted by Gasteiger charge is 2.10. The lowest BCUT2D eigenvalue weighted by atomic mass is 10.2. The lowest BCUT2D eigenvalue weighted by molar-refractivity contribution is -0.131. The summed E-state index contributed by atoms with van der Waals surface area (Å²) in [4.78, 5) is 12.0. The fourth-order valence-electron chi connectivity index (χ4n) is 1.68. The molecule has 0 aliphatic rings. The van der Waals surface area contributed by atoms with Crippen LogP contribution >= 0.6 is 15.9 Å². The molecule has 1 aromatic carbocycles. The van der Waals surface area contributed by atoms with E-state index < -0.39 is 12.2 Å². The van der Waals surface area contributed by atoms with Crippen molar-refractivity contribution in [3.05, 3.63) is 40.5 Å². The van der Waals surface area contributed by atoms with Crippen LogP contribution in [0.3, 0.4) is 0 Å². The Morgan fingerprint density at radius 2 is 1.91 bits per heavy atom. The monoisotopic (exact) mass is 381 g/mol. The predicted molar refractivity (Wildman–Crippen MR) is 91.5 cm³/mol. The number of nitrogens with one attached hydrogen (secondary N) is 2. The summed E-state index contributed by atoms with van der Waals surface area (Å²) in [6, 6.07) is 8.96. The van der Waals surface area contributed by atoms with E-state index in [2.05, 4.69) is 26.6 Å². The average molecular weight is 382 g/mol. The minimum Gasteiger partial charge on any atom is -0.385 e. The zero-order valence-electron chi connectivity index (χ0n) is 13.1. The predicted octanol–water partition coefficient (Wildman–Crippen LogP) is 2.78. The Morgan fingerprint density at radius 3 is 2.43 bits per heavy atom. The van der Waals surface area contributed by atoms with Crippen molar-refractivity contribution in [1.82, 2.24) is 5.32 Å². The topological polar surface area (TPSA) is 83.4 Å². The van der Waals surface area contributed by atoms with Crippen LogP contribution in [0.25, 0.3) is 0 Å². The summed E-state index contributed by atoms with van der Waals surface area (Å²) in [7, 11) is 0. The molecule has 2 N–H and O–H groups in total. The molecule has 124 valence electrons. The average Bonchev–Trinajstić information content (AvgIpc) is 2.54. The third-order valence-electron chi connectivity index (χ3n) is 2.70. The minimum atomic E-state index is -0.480. The van der Waals surface area contributed by atoms with Crippen LogP contribution in [0, 0.1) is 11.3 Å². The van der Waals surface area contributed by atoms with Crippen molar-refractivity contribution in [2.75, 3.05) is 25.1 Å². The Kier molecular flexibility index (Phi) is 8.98. The van der Waals surface area contributed by atoms with Crippen LogP contribution < -0.4 is 10.6 Å². The first-order valence-corrected chi connectivity index (χ1v) is 8.03. The molecule has 0 heterocycles. The molecule has 0 unspecified atom stereocenters. The fraction of sp³-hybridized carbons (Fsp3) is 0.375. The summed E-state index contributed by atoms with van der Waals surface area (Å²) in [5.74, 6) is -0.480. The molecule has 23 heavy (non-hydrogen) atoms. The molecular formula is C16H20BrN3O3. The van der Waals surface area contributed by atoms with Crippen LogP contribution in [-0.2, 0) is 14.3 Å². The maximum absolute atomic E-state index is 12.0. The van der Waals surface area contributed by atoms with Gasteiger partial charge in [-0.05, 0) is 38.1 Å². The Bertz CT molecular complexity index is 561.